The maximum atomic E-state index is 13.6. The van der Waals surface area contributed by atoms with Crippen LogP contribution in [-0.4, -0.2) is 63.0 Å². The lowest BCUT2D eigenvalue weighted by Gasteiger charge is -2.40. The molecule has 4 heterocycles. The topological polar surface area (TPSA) is 109 Å². The Hall–Kier alpha value is -3.23. The second-order valence-corrected chi connectivity index (χ2v) is 9.89. The number of urea groups is 1. The molecule has 1 atom stereocenters. The van der Waals surface area contributed by atoms with Gasteiger partial charge in [0.2, 0.25) is 5.76 Å². The molecular weight excluding hydrogens is 446 g/mol. The summed E-state index contributed by atoms with van der Waals surface area (Å²) < 4.78 is 5.46. The molecule has 3 aliphatic rings. The van der Waals surface area contributed by atoms with Gasteiger partial charge in [0.05, 0.1) is 5.69 Å². The van der Waals surface area contributed by atoms with Crippen LogP contribution in [0.2, 0.25) is 0 Å². The molecule has 0 saturated carbocycles. The summed E-state index contributed by atoms with van der Waals surface area (Å²) in [6.07, 6.45) is 8.76. The number of carbonyl (C=O) groups excluding carboxylic acids is 3. The van der Waals surface area contributed by atoms with Crippen molar-refractivity contribution in [2.75, 3.05) is 19.6 Å². The van der Waals surface area contributed by atoms with E-state index in [9.17, 15) is 14.4 Å². The summed E-state index contributed by atoms with van der Waals surface area (Å²) in [5.74, 6) is 0.107. The highest BCUT2D eigenvalue weighted by Gasteiger charge is 2.55. The van der Waals surface area contributed by atoms with Crippen molar-refractivity contribution in [3.05, 3.63) is 47.1 Å². The summed E-state index contributed by atoms with van der Waals surface area (Å²) in [5.41, 5.74) is 1.83. The third kappa shape index (κ3) is 4.32. The van der Waals surface area contributed by atoms with E-state index in [0.717, 1.165) is 49.1 Å². The maximum absolute atomic E-state index is 13.6. The summed E-state index contributed by atoms with van der Waals surface area (Å²) in [5, 5.41) is 7.20. The van der Waals surface area contributed by atoms with Crippen molar-refractivity contribution in [3.63, 3.8) is 0 Å². The number of piperidine rings is 1. The van der Waals surface area contributed by atoms with Gasteiger partial charge in [-0.05, 0) is 63.0 Å². The van der Waals surface area contributed by atoms with E-state index in [2.05, 4.69) is 15.5 Å². The molecule has 5 rings (SSSR count). The number of carbonyl (C=O) groups is 3. The molecule has 2 aromatic rings. The van der Waals surface area contributed by atoms with Gasteiger partial charge in [-0.15, -0.1) is 0 Å². The molecule has 2 aromatic heterocycles. The summed E-state index contributed by atoms with van der Waals surface area (Å²) in [6, 6.07) is 5.32. The van der Waals surface area contributed by atoms with Crippen LogP contribution in [0.4, 0.5) is 4.79 Å². The first-order valence-corrected chi connectivity index (χ1v) is 12.8. The van der Waals surface area contributed by atoms with E-state index in [4.69, 9.17) is 4.52 Å². The summed E-state index contributed by atoms with van der Waals surface area (Å²) >= 11 is 0. The molecule has 2 aliphatic heterocycles. The number of nitrogens with zero attached hydrogens (tertiary/aromatic N) is 4. The Bertz CT molecular complexity index is 1090. The normalized spacial score (nSPS) is 22.9. The quantitative estimate of drug-likeness (QED) is 0.611. The van der Waals surface area contributed by atoms with Gasteiger partial charge in [0.15, 0.2) is 0 Å². The number of likely N-dealkylation sites (tertiary alicyclic amines) is 1. The average Bonchev–Trinajstić information content (AvgIpc) is 3.42. The van der Waals surface area contributed by atoms with E-state index in [-0.39, 0.29) is 23.8 Å². The summed E-state index contributed by atoms with van der Waals surface area (Å²) in [6.45, 7) is 3.40. The molecule has 0 unspecified atom stereocenters. The average molecular weight is 480 g/mol. The number of pyridine rings is 1. The van der Waals surface area contributed by atoms with Crippen molar-refractivity contribution in [2.45, 2.75) is 70.3 Å². The van der Waals surface area contributed by atoms with Crippen LogP contribution in [0.5, 0.6) is 0 Å². The van der Waals surface area contributed by atoms with Gasteiger partial charge in [0.1, 0.15) is 5.54 Å². The predicted octanol–water partition coefficient (Wildman–Crippen LogP) is 3.13. The fraction of sp³-hybridized carbons (Fsp3) is 0.577. The minimum absolute atomic E-state index is 0.0218. The van der Waals surface area contributed by atoms with Crippen molar-refractivity contribution < 1.29 is 18.9 Å². The van der Waals surface area contributed by atoms with Gasteiger partial charge < -0.3 is 14.7 Å². The fourth-order valence-corrected chi connectivity index (χ4v) is 5.94. The molecule has 2 saturated heterocycles. The number of fused-ring (bicyclic) bond motifs is 1. The van der Waals surface area contributed by atoms with Gasteiger partial charge >= 0.3 is 6.03 Å². The molecular formula is C26H33N5O4. The summed E-state index contributed by atoms with van der Waals surface area (Å²) in [4.78, 5) is 47.2. The number of imide groups is 1. The Morgan fingerprint density at radius 3 is 2.74 bits per heavy atom. The molecule has 1 aliphatic carbocycles. The van der Waals surface area contributed by atoms with E-state index >= 15 is 0 Å². The number of nitrogens with one attached hydrogen (secondary N) is 1. The van der Waals surface area contributed by atoms with Gasteiger partial charge in [-0.25, -0.2) is 4.79 Å². The van der Waals surface area contributed by atoms with Gasteiger partial charge in [-0.3, -0.25) is 19.5 Å². The van der Waals surface area contributed by atoms with Crippen LogP contribution in [0.25, 0.3) is 0 Å². The van der Waals surface area contributed by atoms with Crippen molar-refractivity contribution in [2.24, 2.45) is 5.92 Å². The minimum atomic E-state index is -0.906. The van der Waals surface area contributed by atoms with E-state index in [1.165, 1.54) is 4.90 Å². The Balaban J connectivity index is 1.26. The highest BCUT2D eigenvalue weighted by Crippen LogP contribution is 2.37. The Morgan fingerprint density at radius 1 is 1.20 bits per heavy atom. The molecule has 2 fully saturated rings. The fourth-order valence-electron chi connectivity index (χ4n) is 5.94. The first-order valence-electron chi connectivity index (χ1n) is 12.8. The van der Waals surface area contributed by atoms with Gasteiger partial charge in [0, 0.05) is 43.5 Å². The molecule has 186 valence electrons. The highest BCUT2D eigenvalue weighted by atomic mass is 16.5. The van der Waals surface area contributed by atoms with Crippen LogP contribution in [0.1, 0.15) is 73.0 Å². The standard InChI is InChI=1S/C26H33N5O4/c1-2-13-26(24(33)31(25(34)28-26)17-12-19-7-5-6-14-27-19)18-10-15-30(16-11-18)23(32)22-20-8-3-4-9-21(20)29-35-22/h5-7,14,18H,2-4,8-13,15-17H2,1H3,(H,28,34)/t26-/m1/s1. The lowest BCUT2D eigenvalue weighted by atomic mass is 9.74. The second kappa shape index (κ2) is 9.79. The van der Waals surface area contributed by atoms with Gasteiger partial charge in [-0.1, -0.05) is 24.6 Å². The monoisotopic (exact) mass is 479 g/mol. The van der Waals surface area contributed by atoms with E-state index in [1.54, 1.807) is 6.20 Å². The molecule has 0 aromatic carbocycles. The van der Waals surface area contributed by atoms with Gasteiger partial charge in [0.25, 0.3) is 11.8 Å². The lowest BCUT2D eigenvalue weighted by Crippen LogP contribution is -2.56. The van der Waals surface area contributed by atoms with Crippen molar-refractivity contribution >= 4 is 17.8 Å². The molecule has 9 heteroatoms. The first kappa shape index (κ1) is 23.5. The zero-order valence-electron chi connectivity index (χ0n) is 20.3. The molecule has 1 N–H and O–H groups in total. The molecule has 0 radical (unpaired) electrons. The van der Waals surface area contributed by atoms with Crippen LogP contribution in [0.3, 0.4) is 0 Å². The third-order valence-corrected chi connectivity index (χ3v) is 7.80. The van der Waals surface area contributed by atoms with Crippen molar-refractivity contribution in [1.82, 2.24) is 25.3 Å². The van der Waals surface area contributed by atoms with Crippen LogP contribution >= 0.6 is 0 Å². The van der Waals surface area contributed by atoms with Crippen LogP contribution < -0.4 is 5.32 Å². The van der Waals surface area contributed by atoms with E-state index < -0.39 is 5.54 Å². The van der Waals surface area contributed by atoms with Gasteiger partial charge in [-0.2, -0.15) is 0 Å². The summed E-state index contributed by atoms with van der Waals surface area (Å²) in [7, 11) is 0. The second-order valence-electron chi connectivity index (χ2n) is 9.89. The molecule has 9 nitrogen and oxygen atoms in total. The Kier molecular flexibility index (Phi) is 6.58. The number of aryl methyl sites for hydroxylation is 1. The molecule has 4 amide bonds. The number of hydrogen-bond acceptors (Lipinski definition) is 6. The number of aromatic nitrogens is 2. The smallest absolute Gasteiger partial charge is 0.325 e. The third-order valence-electron chi connectivity index (χ3n) is 7.80. The van der Waals surface area contributed by atoms with Crippen molar-refractivity contribution in [3.8, 4) is 0 Å². The van der Waals surface area contributed by atoms with E-state index in [1.807, 2.05) is 30.0 Å². The zero-order chi connectivity index (χ0) is 24.4. The minimum Gasteiger partial charge on any atom is -0.350 e. The largest absolute Gasteiger partial charge is 0.350 e. The SMILES string of the molecule is CCC[C@]1(C2CCN(C(=O)c3onc4c3CCCC4)CC2)NC(=O)N(CCc2ccccn2)C1=O. The highest BCUT2D eigenvalue weighted by molar-refractivity contribution is 6.07. The van der Waals surface area contributed by atoms with Crippen LogP contribution in [-0.2, 0) is 24.1 Å². The Morgan fingerprint density at radius 2 is 2.00 bits per heavy atom. The molecule has 0 spiro atoms. The van der Waals surface area contributed by atoms with Crippen molar-refractivity contribution in [1.29, 1.82) is 0 Å². The van der Waals surface area contributed by atoms with Crippen LogP contribution in [0.15, 0.2) is 28.9 Å². The first-order chi connectivity index (χ1) is 17.0. The van der Waals surface area contributed by atoms with E-state index in [0.29, 0.717) is 51.1 Å². The lowest BCUT2D eigenvalue weighted by molar-refractivity contribution is -0.134. The maximum Gasteiger partial charge on any atom is 0.325 e. The Labute approximate surface area is 205 Å². The van der Waals surface area contributed by atoms with Crippen LogP contribution in [0, 0.1) is 5.92 Å². The molecule has 0 bridgehead atoms. The molecule has 35 heavy (non-hydrogen) atoms. The number of amides is 4. The predicted molar refractivity (Wildman–Crippen MR) is 128 cm³/mol. The number of hydrogen-bond donors (Lipinski definition) is 1. The zero-order valence-corrected chi connectivity index (χ0v) is 20.3. The number of rotatable bonds is 7.